The van der Waals surface area contributed by atoms with Crippen molar-refractivity contribution in [3.8, 4) is 22.4 Å². The lowest BCUT2D eigenvalue weighted by Gasteiger charge is -2.05. The number of aromatic nitrogens is 2. The molecule has 0 aliphatic carbocycles. The fourth-order valence-corrected chi connectivity index (χ4v) is 3.82. The number of fused-ring (bicyclic) bond motifs is 1. The quantitative estimate of drug-likeness (QED) is 0.589. The number of carbonyl (C=O) groups is 1. The van der Waals surface area contributed by atoms with E-state index in [0.717, 1.165) is 22.4 Å². The molecule has 4 nitrogen and oxygen atoms in total. The van der Waals surface area contributed by atoms with Crippen molar-refractivity contribution in [2.45, 2.75) is 6.92 Å². The Bertz CT molecular complexity index is 1030. The highest BCUT2D eigenvalue weighted by Gasteiger charge is 2.20. The second-order valence-electron chi connectivity index (χ2n) is 5.53. The molecule has 118 valence electrons. The van der Waals surface area contributed by atoms with Crippen molar-refractivity contribution in [3.05, 3.63) is 71.4 Å². The van der Waals surface area contributed by atoms with Crippen LogP contribution in [0.1, 0.15) is 16.2 Å². The number of benzene rings is 2. The molecule has 0 saturated heterocycles. The van der Waals surface area contributed by atoms with E-state index in [0.29, 0.717) is 10.7 Å². The van der Waals surface area contributed by atoms with Crippen LogP contribution in [0, 0.1) is 6.92 Å². The molecule has 0 atom stereocenters. The molecule has 5 heteroatoms. The van der Waals surface area contributed by atoms with E-state index in [2.05, 4.69) is 29.2 Å². The number of carboxylic acid groups (broad SMARTS) is 1. The molecule has 0 amide bonds. The number of rotatable bonds is 3. The Morgan fingerprint density at radius 3 is 2.29 bits per heavy atom. The second-order valence-corrected chi connectivity index (χ2v) is 6.37. The van der Waals surface area contributed by atoms with Crippen molar-refractivity contribution >= 4 is 22.3 Å². The van der Waals surface area contributed by atoms with Crippen molar-refractivity contribution in [2.24, 2.45) is 0 Å². The van der Waals surface area contributed by atoms with Crippen LogP contribution in [0.5, 0.6) is 0 Å². The van der Waals surface area contributed by atoms with Gasteiger partial charge < -0.3 is 5.11 Å². The Morgan fingerprint density at radius 2 is 1.62 bits per heavy atom. The number of thiazole rings is 1. The van der Waals surface area contributed by atoms with E-state index in [-0.39, 0.29) is 5.69 Å². The summed E-state index contributed by atoms with van der Waals surface area (Å²) in [5, 5.41) is 11.4. The van der Waals surface area contributed by atoms with Gasteiger partial charge in [-0.1, -0.05) is 54.6 Å². The standard InChI is InChI=1S/C19H14N2O2S/c1-12-17(18(22)23)21-16(11-24-19(21)20-12)15-9-7-14(8-10-15)13-5-3-2-4-6-13/h2-11H,1H3,(H,22,23). The number of imidazole rings is 1. The average molecular weight is 334 g/mol. The molecule has 0 aliphatic heterocycles. The van der Waals surface area contributed by atoms with Crippen LogP contribution >= 0.6 is 11.3 Å². The lowest BCUT2D eigenvalue weighted by atomic mass is 10.0. The van der Waals surface area contributed by atoms with Crippen LogP contribution in [0.4, 0.5) is 0 Å². The van der Waals surface area contributed by atoms with Crippen LogP contribution in [0.25, 0.3) is 27.3 Å². The molecule has 0 saturated carbocycles. The number of nitrogens with zero attached hydrogens (tertiary/aromatic N) is 2. The van der Waals surface area contributed by atoms with Crippen LogP contribution in [0.15, 0.2) is 60.0 Å². The summed E-state index contributed by atoms with van der Waals surface area (Å²) in [5.41, 5.74) is 4.88. The van der Waals surface area contributed by atoms with Crippen molar-refractivity contribution in [2.75, 3.05) is 0 Å². The second kappa shape index (κ2) is 5.62. The monoisotopic (exact) mass is 334 g/mol. The highest BCUT2D eigenvalue weighted by atomic mass is 32.1. The minimum Gasteiger partial charge on any atom is -0.477 e. The number of hydrogen-bond donors (Lipinski definition) is 1. The molecule has 4 rings (SSSR count). The highest BCUT2D eigenvalue weighted by molar-refractivity contribution is 7.15. The molecular formula is C19H14N2O2S. The molecule has 2 aromatic carbocycles. The molecule has 4 aromatic rings. The molecule has 0 radical (unpaired) electrons. The van der Waals surface area contributed by atoms with Gasteiger partial charge in [0, 0.05) is 5.38 Å². The minimum atomic E-state index is -0.958. The first kappa shape index (κ1) is 14.7. The molecule has 1 N–H and O–H groups in total. The smallest absolute Gasteiger partial charge is 0.354 e. The van der Waals surface area contributed by atoms with E-state index in [1.165, 1.54) is 11.3 Å². The molecule has 0 aliphatic rings. The maximum Gasteiger partial charge on any atom is 0.354 e. The van der Waals surface area contributed by atoms with Gasteiger partial charge in [-0.15, -0.1) is 11.3 Å². The van der Waals surface area contributed by atoms with Gasteiger partial charge >= 0.3 is 5.97 Å². The third kappa shape index (κ3) is 2.30. The normalized spacial score (nSPS) is 11.0. The SMILES string of the molecule is Cc1nc2scc(-c3ccc(-c4ccccc4)cc3)n2c1C(=O)O. The van der Waals surface area contributed by atoms with Gasteiger partial charge in [-0.25, -0.2) is 9.78 Å². The van der Waals surface area contributed by atoms with E-state index in [9.17, 15) is 9.90 Å². The van der Waals surface area contributed by atoms with Gasteiger partial charge in [-0.3, -0.25) is 4.40 Å². The van der Waals surface area contributed by atoms with Crippen LogP contribution in [-0.4, -0.2) is 20.5 Å². The van der Waals surface area contributed by atoms with Gasteiger partial charge in [0.1, 0.15) is 0 Å². The summed E-state index contributed by atoms with van der Waals surface area (Å²) in [6.45, 7) is 1.73. The molecule has 0 spiro atoms. The number of hydrogen-bond acceptors (Lipinski definition) is 3. The van der Waals surface area contributed by atoms with Gasteiger partial charge in [0.25, 0.3) is 0 Å². The Kier molecular flexibility index (Phi) is 3.43. The van der Waals surface area contributed by atoms with Crippen molar-refractivity contribution in [1.29, 1.82) is 0 Å². The van der Waals surface area contributed by atoms with Crippen LogP contribution in [-0.2, 0) is 0 Å². The summed E-state index contributed by atoms with van der Waals surface area (Å²) >= 11 is 1.45. The Morgan fingerprint density at radius 1 is 1.00 bits per heavy atom. The van der Waals surface area contributed by atoms with Crippen LogP contribution in [0.2, 0.25) is 0 Å². The molecule has 24 heavy (non-hydrogen) atoms. The fraction of sp³-hybridized carbons (Fsp3) is 0.0526. The summed E-state index contributed by atoms with van der Waals surface area (Å²) in [6, 6.07) is 18.3. The third-order valence-corrected chi connectivity index (χ3v) is 4.85. The largest absolute Gasteiger partial charge is 0.477 e. The molecule has 0 fully saturated rings. The van der Waals surface area contributed by atoms with Crippen molar-refractivity contribution in [3.63, 3.8) is 0 Å². The first-order valence-corrected chi connectivity index (χ1v) is 8.39. The van der Waals surface area contributed by atoms with Gasteiger partial charge in [0.2, 0.25) is 0 Å². The number of carboxylic acids is 1. The lowest BCUT2D eigenvalue weighted by Crippen LogP contribution is -2.04. The van der Waals surface area contributed by atoms with E-state index < -0.39 is 5.97 Å². The Labute approximate surface area is 142 Å². The van der Waals surface area contributed by atoms with Gasteiger partial charge in [-0.05, 0) is 23.6 Å². The predicted octanol–water partition coefficient (Wildman–Crippen LogP) is 4.74. The summed E-state index contributed by atoms with van der Waals surface area (Å²) in [4.78, 5) is 16.6. The molecule has 2 aromatic heterocycles. The van der Waals surface area contributed by atoms with Crippen molar-refractivity contribution in [1.82, 2.24) is 9.38 Å². The van der Waals surface area contributed by atoms with E-state index in [1.807, 2.05) is 35.7 Å². The summed E-state index contributed by atoms with van der Waals surface area (Å²) in [5.74, 6) is -0.958. The summed E-state index contributed by atoms with van der Waals surface area (Å²) in [6.07, 6.45) is 0. The zero-order valence-corrected chi connectivity index (χ0v) is 13.7. The molecule has 0 bridgehead atoms. The minimum absolute atomic E-state index is 0.230. The number of aryl methyl sites for hydroxylation is 1. The summed E-state index contributed by atoms with van der Waals surface area (Å²) < 4.78 is 1.72. The highest BCUT2D eigenvalue weighted by Crippen LogP contribution is 2.30. The van der Waals surface area contributed by atoms with Gasteiger partial charge in [-0.2, -0.15) is 0 Å². The Hall–Kier alpha value is -2.92. The number of aromatic carboxylic acids is 1. The lowest BCUT2D eigenvalue weighted by molar-refractivity contribution is 0.0688. The van der Waals surface area contributed by atoms with E-state index in [4.69, 9.17) is 0 Å². The van der Waals surface area contributed by atoms with Gasteiger partial charge in [0.05, 0.1) is 11.4 Å². The average Bonchev–Trinajstić information content (AvgIpc) is 3.13. The fourth-order valence-electron chi connectivity index (χ4n) is 2.88. The molecule has 0 unspecified atom stereocenters. The topological polar surface area (TPSA) is 54.6 Å². The van der Waals surface area contributed by atoms with Gasteiger partial charge in [0.15, 0.2) is 10.7 Å². The van der Waals surface area contributed by atoms with E-state index >= 15 is 0 Å². The Balaban J connectivity index is 1.82. The molecule has 2 heterocycles. The van der Waals surface area contributed by atoms with Crippen molar-refractivity contribution < 1.29 is 9.90 Å². The molecular weight excluding hydrogens is 320 g/mol. The maximum atomic E-state index is 11.6. The third-order valence-electron chi connectivity index (χ3n) is 4.03. The van der Waals surface area contributed by atoms with E-state index in [1.54, 1.807) is 11.3 Å². The van der Waals surface area contributed by atoms with Crippen LogP contribution in [0.3, 0.4) is 0 Å². The first-order valence-electron chi connectivity index (χ1n) is 7.51. The predicted molar refractivity (Wildman–Crippen MR) is 95.6 cm³/mol. The zero-order chi connectivity index (χ0) is 16.7. The first-order chi connectivity index (χ1) is 11.6. The maximum absolute atomic E-state index is 11.6. The summed E-state index contributed by atoms with van der Waals surface area (Å²) in [7, 11) is 0. The van der Waals surface area contributed by atoms with Crippen LogP contribution < -0.4 is 0 Å². The zero-order valence-electron chi connectivity index (χ0n) is 12.9.